The standard InChI is InChI=1S/C19H23N3O5S.C8H14.2C2H6/c23-15(14-5-1-2-6-20-14)12-9-13(28-11-12)10-21-18(26)16(24)17(25)19(27)22-7-3-4-8-22;1-4-6-7-8(3)5-2;2*1-2/h1-2,5-6,9,11,15-17,23-25H,3-4,7-8,10H2,(H,21,26);4,6-7H,5H2,1-3H3;2*1-2H3/b;6-4-,8-7+;;. The zero-order valence-electron chi connectivity index (χ0n) is 25.1. The smallest absolute Gasteiger partial charge is 0.254 e. The van der Waals surface area contributed by atoms with Crippen molar-refractivity contribution in [1.29, 1.82) is 0 Å². The normalized spacial score (nSPS) is 14.9. The average Bonchev–Trinajstić information content (AvgIpc) is 3.73. The van der Waals surface area contributed by atoms with Crippen LogP contribution in [0.4, 0.5) is 0 Å². The minimum Gasteiger partial charge on any atom is -0.382 e. The van der Waals surface area contributed by atoms with Crippen molar-refractivity contribution in [3.05, 3.63) is 75.8 Å². The van der Waals surface area contributed by atoms with Crippen molar-refractivity contribution in [3.8, 4) is 0 Å². The first-order valence-corrected chi connectivity index (χ1v) is 15.0. The summed E-state index contributed by atoms with van der Waals surface area (Å²) in [5.41, 5.74) is 2.61. The molecule has 2 aromatic rings. The fraction of sp³-hybridized carbons (Fsp3) is 0.516. The fourth-order valence-corrected chi connectivity index (χ4v) is 4.25. The van der Waals surface area contributed by atoms with Gasteiger partial charge in [-0.2, -0.15) is 0 Å². The second-order valence-electron chi connectivity index (χ2n) is 8.54. The fourth-order valence-electron chi connectivity index (χ4n) is 3.40. The molecule has 0 aliphatic carbocycles. The van der Waals surface area contributed by atoms with E-state index in [4.69, 9.17) is 0 Å². The van der Waals surface area contributed by atoms with Gasteiger partial charge in [0.25, 0.3) is 11.8 Å². The van der Waals surface area contributed by atoms with Crippen LogP contribution < -0.4 is 5.32 Å². The Kier molecular flexibility index (Phi) is 20.3. The molecular weight excluding hydrogens is 526 g/mol. The molecule has 2 amide bonds. The van der Waals surface area contributed by atoms with E-state index < -0.39 is 30.1 Å². The van der Waals surface area contributed by atoms with Crippen LogP contribution in [0, 0.1) is 0 Å². The molecule has 4 N–H and O–H groups in total. The number of carbonyl (C=O) groups is 2. The SMILES string of the molecule is C/C=C\C=C(/C)CC.CC.CC.O=C(NCc1cc(C(O)c2ccccn2)cs1)C(O)C(O)C(=O)N1CCCC1. The molecule has 3 rings (SSSR count). The Morgan fingerprint density at radius 2 is 1.75 bits per heavy atom. The zero-order valence-corrected chi connectivity index (χ0v) is 25.9. The maximum absolute atomic E-state index is 12.1. The van der Waals surface area contributed by atoms with Gasteiger partial charge in [0.05, 0.1) is 12.2 Å². The van der Waals surface area contributed by atoms with Gasteiger partial charge in [-0.15, -0.1) is 11.3 Å². The number of likely N-dealkylation sites (tertiary alicyclic amines) is 1. The Morgan fingerprint density at radius 3 is 2.30 bits per heavy atom. The van der Waals surface area contributed by atoms with Gasteiger partial charge in [-0.05, 0) is 62.3 Å². The number of amides is 2. The van der Waals surface area contributed by atoms with Gasteiger partial charge in [-0.1, -0.05) is 64.5 Å². The van der Waals surface area contributed by atoms with Crippen LogP contribution in [0.25, 0.3) is 0 Å². The van der Waals surface area contributed by atoms with Gasteiger partial charge in [-0.25, -0.2) is 0 Å². The van der Waals surface area contributed by atoms with Gasteiger partial charge in [0.1, 0.15) is 6.10 Å². The van der Waals surface area contributed by atoms with Gasteiger partial charge < -0.3 is 25.5 Å². The Balaban J connectivity index is 0.00000108. The predicted molar refractivity (Wildman–Crippen MR) is 164 cm³/mol. The van der Waals surface area contributed by atoms with Crippen molar-refractivity contribution in [2.45, 2.75) is 92.6 Å². The highest BCUT2D eigenvalue weighted by Gasteiger charge is 2.34. The Bertz CT molecular complexity index is 1020. The van der Waals surface area contributed by atoms with Crippen LogP contribution >= 0.6 is 11.3 Å². The molecule has 40 heavy (non-hydrogen) atoms. The molecule has 2 aromatic heterocycles. The lowest BCUT2D eigenvalue weighted by atomic mass is 10.1. The average molecular weight is 576 g/mol. The molecule has 3 unspecified atom stereocenters. The molecule has 9 heteroatoms. The third-order valence-corrected chi connectivity index (χ3v) is 6.72. The second kappa shape index (κ2) is 21.9. The van der Waals surface area contributed by atoms with Crippen molar-refractivity contribution < 1.29 is 24.9 Å². The number of nitrogens with one attached hydrogen (secondary N) is 1. The maximum Gasteiger partial charge on any atom is 0.254 e. The highest BCUT2D eigenvalue weighted by atomic mass is 32.1. The van der Waals surface area contributed by atoms with E-state index in [1.54, 1.807) is 35.8 Å². The van der Waals surface area contributed by atoms with E-state index in [-0.39, 0.29) is 6.54 Å². The Hall–Kier alpha value is -2.85. The molecular formula is C31H49N3O5S. The minimum atomic E-state index is -1.83. The second-order valence-corrected chi connectivity index (χ2v) is 9.53. The van der Waals surface area contributed by atoms with Crippen molar-refractivity contribution in [2.75, 3.05) is 13.1 Å². The zero-order chi connectivity index (χ0) is 30.5. The number of hydrogen-bond acceptors (Lipinski definition) is 7. The van der Waals surface area contributed by atoms with E-state index in [0.717, 1.165) is 24.1 Å². The summed E-state index contributed by atoms with van der Waals surface area (Å²) < 4.78 is 0. The first-order chi connectivity index (χ1) is 19.3. The third-order valence-electron chi connectivity index (χ3n) is 5.76. The van der Waals surface area contributed by atoms with E-state index in [2.05, 4.69) is 36.3 Å². The summed E-state index contributed by atoms with van der Waals surface area (Å²) in [6, 6.07) is 7.01. The summed E-state index contributed by atoms with van der Waals surface area (Å²) in [5.74, 6) is -1.45. The van der Waals surface area contributed by atoms with E-state index in [1.807, 2.05) is 40.7 Å². The third kappa shape index (κ3) is 13.0. The summed E-state index contributed by atoms with van der Waals surface area (Å²) in [6.45, 7) is 15.5. The van der Waals surface area contributed by atoms with Crippen LogP contribution in [0.1, 0.15) is 90.0 Å². The monoisotopic (exact) mass is 575 g/mol. The van der Waals surface area contributed by atoms with Gasteiger partial charge in [-0.3, -0.25) is 14.6 Å². The molecule has 0 bridgehead atoms. The Labute approximate surface area is 244 Å². The van der Waals surface area contributed by atoms with Crippen LogP contribution in [0.5, 0.6) is 0 Å². The summed E-state index contributed by atoms with van der Waals surface area (Å²) in [6.07, 6.45) is 6.24. The maximum atomic E-state index is 12.1. The van der Waals surface area contributed by atoms with Crippen molar-refractivity contribution in [2.24, 2.45) is 0 Å². The lowest BCUT2D eigenvalue weighted by Crippen LogP contribution is -2.50. The van der Waals surface area contributed by atoms with E-state index in [1.165, 1.54) is 21.8 Å². The van der Waals surface area contributed by atoms with Crippen LogP contribution in [-0.4, -0.2) is 62.3 Å². The number of rotatable bonds is 9. The van der Waals surface area contributed by atoms with Crippen molar-refractivity contribution >= 4 is 23.2 Å². The Morgan fingerprint density at radius 1 is 1.10 bits per heavy atom. The first-order valence-electron chi connectivity index (χ1n) is 14.2. The van der Waals surface area contributed by atoms with E-state index in [9.17, 15) is 24.9 Å². The number of allylic oxidation sites excluding steroid dienone is 4. The van der Waals surface area contributed by atoms with Crippen LogP contribution in [0.15, 0.2) is 59.6 Å². The van der Waals surface area contributed by atoms with Gasteiger partial charge in [0, 0.05) is 24.2 Å². The largest absolute Gasteiger partial charge is 0.382 e. The number of thiophene rings is 1. The molecule has 0 aromatic carbocycles. The van der Waals surface area contributed by atoms with Crippen LogP contribution in [-0.2, 0) is 16.1 Å². The number of aromatic nitrogens is 1. The molecule has 3 atom stereocenters. The van der Waals surface area contributed by atoms with Crippen LogP contribution in [0.2, 0.25) is 0 Å². The van der Waals surface area contributed by atoms with Crippen molar-refractivity contribution in [1.82, 2.24) is 15.2 Å². The summed E-state index contributed by atoms with van der Waals surface area (Å²) in [5, 5.41) is 34.6. The number of aliphatic hydroxyl groups is 3. The number of aliphatic hydroxyl groups excluding tert-OH is 3. The quantitative estimate of drug-likeness (QED) is 0.307. The minimum absolute atomic E-state index is 0.111. The number of carbonyl (C=O) groups excluding carboxylic acids is 2. The van der Waals surface area contributed by atoms with Crippen molar-refractivity contribution in [3.63, 3.8) is 0 Å². The number of nitrogens with zero attached hydrogens (tertiary/aromatic N) is 2. The predicted octanol–water partition coefficient (Wildman–Crippen LogP) is 5.16. The molecule has 8 nitrogen and oxygen atoms in total. The molecule has 3 heterocycles. The molecule has 0 spiro atoms. The topological polar surface area (TPSA) is 123 Å². The molecule has 1 aliphatic rings. The van der Waals surface area contributed by atoms with Gasteiger partial charge in [0.2, 0.25) is 0 Å². The highest BCUT2D eigenvalue weighted by Crippen LogP contribution is 2.25. The molecule has 1 saturated heterocycles. The lowest BCUT2D eigenvalue weighted by Gasteiger charge is -2.22. The molecule has 224 valence electrons. The summed E-state index contributed by atoms with van der Waals surface area (Å²) in [7, 11) is 0. The van der Waals surface area contributed by atoms with E-state index >= 15 is 0 Å². The van der Waals surface area contributed by atoms with Crippen LogP contribution in [0.3, 0.4) is 0 Å². The number of pyridine rings is 1. The number of hydrogen-bond donors (Lipinski definition) is 4. The summed E-state index contributed by atoms with van der Waals surface area (Å²) >= 11 is 1.34. The molecule has 0 radical (unpaired) electrons. The molecule has 1 fully saturated rings. The van der Waals surface area contributed by atoms with Gasteiger partial charge in [0.15, 0.2) is 12.2 Å². The first kappa shape index (κ1) is 37.1. The lowest BCUT2D eigenvalue weighted by molar-refractivity contribution is -0.152. The van der Waals surface area contributed by atoms with Gasteiger partial charge >= 0.3 is 0 Å². The summed E-state index contributed by atoms with van der Waals surface area (Å²) in [4.78, 5) is 30.5. The highest BCUT2D eigenvalue weighted by molar-refractivity contribution is 7.10. The van der Waals surface area contributed by atoms with E-state index in [0.29, 0.717) is 24.3 Å². The molecule has 0 saturated carbocycles. The molecule has 1 aliphatic heterocycles.